The Balaban J connectivity index is 1.56. The number of hydrogen-bond donors (Lipinski definition) is 2. The first kappa shape index (κ1) is 21.1. The Morgan fingerprint density at radius 3 is 2.53 bits per heavy atom. The van der Waals surface area contributed by atoms with Crippen molar-refractivity contribution in [3.8, 4) is 0 Å². The minimum atomic E-state index is -0.384. The number of unbranched alkanes of at least 4 members (excludes halogenated alkanes) is 1. The summed E-state index contributed by atoms with van der Waals surface area (Å²) in [6.07, 6.45) is 3.43. The Morgan fingerprint density at radius 1 is 1.07 bits per heavy atom. The number of rotatable bonds is 8. The number of anilines is 1. The monoisotopic (exact) mass is 407 g/mol. The molecule has 7 nitrogen and oxygen atoms in total. The molecule has 3 aromatic rings. The molecule has 0 saturated carbocycles. The maximum absolute atomic E-state index is 12.7. The van der Waals surface area contributed by atoms with Gasteiger partial charge in [0.25, 0.3) is 5.91 Å². The molecule has 0 fully saturated rings. The molecule has 30 heavy (non-hydrogen) atoms. The number of nitrogens with one attached hydrogen (secondary N) is 2. The standard InChI is InChI=1S/C23H25N3O4/c1-3-4-13-30-23(29)16-9-11-17(12-10-16)25-21(27)15-26(2)22(28)19-14-24-20-8-6-5-7-18(19)20/h5-12,14,24H,3-4,13,15H2,1-2H3,(H,25,27). The van der Waals surface area contributed by atoms with Crippen molar-refractivity contribution in [3.05, 3.63) is 65.9 Å². The lowest BCUT2D eigenvalue weighted by molar-refractivity contribution is -0.116. The molecule has 2 amide bonds. The van der Waals surface area contributed by atoms with Crippen LogP contribution in [0.4, 0.5) is 5.69 Å². The van der Waals surface area contributed by atoms with Crippen LogP contribution in [0.25, 0.3) is 10.9 Å². The molecule has 0 saturated heterocycles. The van der Waals surface area contributed by atoms with Gasteiger partial charge in [-0.25, -0.2) is 4.79 Å². The van der Waals surface area contributed by atoms with Crippen molar-refractivity contribution in [2.45, 2.75) is 19.8 Å². The number of carbonyl (C=O) groups is 3. The smallest absolute Gasteiger partial charge is 0.338 e. The summed E-state index contributed by atoms with van der Waals surface area (Å²) in [6.45, 7) is 2.32. The molecule has 0 aliphatic heterocycles. The fourth-order valence-corrected chi connectivity index (χ4v) is 3.02. The van der Waals surface area contributed by atoms with Gasteiger partial charge in [-0.05, 0) is 36.8 Å². The van der Waals surface area contributed by atoms with Crippen molar-refractivity contribution in [2.75, 3.05) is 25.5 Å². The minimum absolute atomic E-state index is 0.0981. The summed E-state index contributed by atoms with van der Waals surface area (Å²) in [4.78, 5) is 41.4. The summed E-state index contributed by atoms with van der Waals surface area (Å²) in [5, 5.41) is 3.55. The second-order valence-electron chi connectivity index (χ2n) is 7.02. The SMILES string of the molecule is CCCCOC(=O)c1ccc(NC(=O)CN(C)C(=O)c2c[nH]c3ccccc23)cc1. The number of hydrogen-bond acceptors (Lipinski definition) is 4. The molecule has 0 aliphatic rings. The van der Waals surface area contributed by atoms with Crippen molar-refractivity contribution in [3.63, 3.8) is 0 Å². The molecule has 0 atom stereocenters. The quantitative estimate of drug-likeness (QED) is 0.438. The van der Waals surface area contributed by atoms with Gasteiger partial charge in [0.05, 0.1) is 24.3 Å². The van der Waals surface area contributed by atoms with Crippen LogP contribution in [0, 0.1) is 0 Å². The van der Waals surface area contributed by atoms with E-state index in [2.05, 4.69) is 10.3 Å². The van der Waals surface area contributed by atoms with Crippen LogP contribution in [0.5, 0.6) is 0 Å². The molecule has 0 unspecified atom stereocenters. The molecular weight excluding hydrogens is 382 g/mol. The normalized spacial score (nSPS) is 10.6. The van der Waals surface area contributed by atoms with E-state index >= 15 is 0 Å². The van der Waals surface area contributed by atoms with Gasteiger partial charge in [0.15, 0.2) is 0 Å². The van der Waals surface area contributed by atoms with E-state index in [-0.39, 0.29) is 24.3 Å². The second kappa shape index (κ2) is 9.73. The topological polar surface area (TPSA) is 91.5 Å². The van der Waals surface area contributed by atoms with Gasteiger partial charge in [-0.3, -0.25) is 9.59 Å². The Morgan fingerprint density at radius 2 is 1.80 bits per heavy atom. The molecule has 0 aliphatic carbocycles. The average Bonchev–Trinajstić information content (AvgIpc) is 3.17. The number of ether oxygens (including phenoxy) is 1. The highest BCUT2D eigenvalue weighted by Gasteiger charge is 2.18. The van der Waals surface area contributed by atoms with Crippen LogP contribution in [0.3, 0.4) is 0 Å². The van der Waals surface area contributed by atoms with Crippen LogP contribution in [0.15, 0.2) is 54.7 Å². The number of nitrogens with zero attached hydrogens (tertiary/aromatic N) is 1. The summed E-state index contributed by atoms with van der Waals surface area (Å²) in [6, 6.07) is 14.0. The first-order valence-corrected chi connectivity index (χ1v) is 9.88. The lowest BCUT2D eigenvalue weighted by Gasteiger charge is -2.16. The average molecular weight is 407 g/mol. The number of carbonyl (C=O) groups excluding carboxylic acids is 3. The second-order valence-corrected chi connectivity index (χ2v) is 7.02. The van der Waals surface area contributed by atoms with Gasteiger partial charge in [0, 0.05) is 29.8 Å². The molecule has 2 aromatic carbocycles. The summed E-state index contributed by atoms with van der Waals surface area (Å²) in [5.41, 5.74) is 2.35. The highest BCUT2D eigenvalue weighted by atomic mass is 16.5. The van der Waals surface area contributed by atoms with Crippen LogP contribution in [-0.2, 0) is 9.53 Å². The van der Waals surface area contributed by atoms with Gasteiger partial charge in [-0.15, -0.1) is 0 Å². The molecule has 2 N–H and O–H groups in total. The van der Waals surface area contributed by atoms with Gasteiger partial charge in [0.2, 0.25) is 5.91 Å². The molecule has 7 heteroatoms. The van der Waals surface area contributed by atoms with Gasteiger partial charge in [0.1, 0.15) is 0 Å². The van der Waals surface area contributed by atoms with Crippen LogP contribution in [0.1, 0.15) is 40.5 Å². The van der Waals surface area contributed by atoms with Crippen LogP contribution >= 0.6 is 0 Å². The third kappa shape index (κ3) is 5.05. The van der Waals surface area contributed by atoms with E-state index in [9.17, 15) is 14.4 Å². The summed E-state index contributed by atoms with van der Waals surface area (Å²) < 4.78 is 5.16. The van der Waals surface area contributed by atoms with E-state index in [1.54, 1.807) is 37.5 Å². The van der Waals surface area contributed by atoms with Crippen LogP contribution in [-0.4, -0.2) is 47.9 Å². The van der Waals surface area contributed by atoms with E-state index in [1.165, 1.54) is 4.90 Å². The lowest BCUT2D eigenvalue weighted by Crippen LogP contribution is -2.34. The zero-order chi connectivity index (χ0) is 21.5. The third-order valence-electron chi connectivity index (χ3n) is 4.68. The molecule has 156 valence electrons. The number of aromatic nitrogens is 1. The summed E-state index contributed by atoms with van der Waals surface area (Å²) in [7, 11) is 1.58. The van der Waals surface area contributed by atoms with Crippen LogP contribution in [0.2, 0.25) is 0 Å². The van der Waals surface area contributed by atoms with Crippen molar-refractivity contribution in [1.29, 1.82) is 0 Å². The number of fused-ring (bicyclic) bond motifs is 1. The van der Waals surface area contributed by atoms with E-state index in [0.717, 1.165) is 23.7 Å². The molecule has 0 spiro atoms. The first-order chi connectivity index (χ1) is 14.5. The fraction of sp³-hybridized carbons (Fsp3) is 0.261. The predicted molar refractivity (Wildman–Crippen MR) is 116 cm³/mol. The molecule has 3 rings (SSSR count). The fourth-order valence-electron chi connectivity index (χ4n) is 3.02. The van der Waals surface area contributed by atoms with Gasteiger partial charge in [-0.2, -0.15) is 0 Å². The summed E-state index contributed by atoms with van der Waals surface area (Å²) >= 11 is 0. The first-order valence-electron chi connectivity index (χ1n) is 9.88. The number of amides is 2. The van der Waals surface area contributed by atoms with Gasteiger partial charge < -0.3 is 19.9 Å². The van der Waals surface area contributed by atoms with E-state index in [1.807, 2.05) is 31.2 Å². The van der Waals surface area contributed by atoms with Crippen molar-refractivity contribution < 1.29 is 19.1 Å². The zero-order valence-corrected chi connectivity index (χ0v) is 17.1. The number of likely N-dealkylation sites (N-methyl/N-ethyl adjacent to an activating group) is 1. The largest absolute Gasteiger partial charge is 0.462 e. The number of benzene rings is 2. The molecule has 0 bridgehead atoms. The van der Waals surface area contributed by atoms with Gasteiger partial charge >= 0.3 is 5.97 Å². The number of aromatic amines is 1. The van der Waals surface area contributed by atoms with E-state index in [0.29, 0.717) is 23.4 Å². The zero-order valence-electron chi connectivity index (χ0n) is 17.1. The van der Waals surface area contributed by atoms with Crippen molar-refractivity contribution >= 4 is 34.4 Å². The molecular formula is C23H25N3O4. The molecule has 0 radical (unpaired) electrons. The minimum Gasteiger partial charge on any atom is -0.462 e. The lowest BCUT2D eigenvalue weighted by atomic mass is 10.1. The Labute approximate surface area is 175 Å². The number of esters is 1. The maximum Gasteiger partial charge on any atom is 0.338 e. The summed E-state index contributed by atoms with van der Waals surface area (Å²) in [5.74, 6) is -0.956. The Kier molecular flexibility index (Phi) is 6.85. The number of para-hydroxylation sites is 1. The maximum atomic E-state index is 12.7. The highest BCUT2D eigenvalue weighted by Crippen LogP contribution is 2.19. The van der Waals surface area contributed by atoms with E-state index < -0.39 is 0 Å². The van der Waals surface area contributed by atoms with Crippen LogP contribution < -0.4 is 5.32 Å². The van der Waals surface area contributed by atoms with E-state index in [4.69, 9.17) is 4.74 Å². The highest BCUT2D eigenvalue weighted by molar-refractivity contribution is 6.08. The number of H-pyrrole nitrogens is 1. The Bertz CT molecular complexity index is 1040. The Hall–Kier alpha value is -3.61. The molecule has 1 aromatic heterocycles. The van der Waals surface area contributed by atoms with Crippen molar-refractivity contribution in [1.82, 2.24) is 9.88 Å². The molecule has 1 heterocycles. The van der Waals surface area contributed by atoms with Gasteiger partial charge in [-0.1, -0.05) is 31.5 Å². The third-order valence-corrected chi connectivity index (χ3v) is 4.68. The predicted octanol–water partition coefficient (Wildman–Crippen LogP) is 3.84. The van der Waals surface area contributed by atoms with Crippen molar-refractivity contribution in [2.24, 2.45) is 0 Å².